The van der Waals surface area contributed by atoms with E-state index in [1.807, 2.05) is 55.9 Å². The molecule has 0 radical (unpaired) electrons. The highest BCUT2D eigenvalue weighted by molar-refractivity contribution is 5.76. The van der Waals surface area contributed by atoms with Gasteiger partial charge < -0.3 is 5.32 Å². The lowest BCUT2D eigenvalue weighted by molar-refractivity contribution is -0.121. The molecule has 2 aromatic heterocycles. The minimum atomic E-state index is -0.0136. The average molecular weight is 338 g/mol. The van der Waals surface area contributed by atoms with Crippen LogP contribution in [0.15, 0.2) is 30.3 Å². The van der Waals surface area contributed by atoms with Gasteiger partial charge in [-0.1, -0.05) is 30.3 Å². The Morgan fingerprint density at radius 1 is 1.24 bits per heavy atom. The number of carbonyl (C=O) groups is 1. The second-order valence-corrected chi connectivity index (χ2v) is 6.02. The summed E-state index contributed by atoms with van der Waals surface area (Å²) in [7, 11) is 1.92. The van der Waals surface area contributed by atoms with E-state index < -0.39 is 0 Å². The van der Waals surface area contributed by atoms with Crippen LogP contribution in [-0.2, 0) is 24.8 Å². The van der Waals surface area contributed by atoms with E-state index in [1.54, 1.807) is 0 Å². The van der Waals surface area contributed by atoms with E-state index in [0.29, 0.717) is 31.0 Å². The zero-order valence-corrected chi connectivity index (χ0v) is 14.7. The lowest BCUT2D eigenvalue weighted by Gasteiger charge is -2.04. The van der Waals surface area contributed by atoms with Gasteiger partial charge in [-0.15, -0.1) is 0 Å². The molecule has 3 rings (SSSR count). The molecule has 0 fully saturated rings. The van der Waals surface area contributed by atoms with Crippen molar-refractivity contribution in [3.8, 4) is 11.4 Å². The van der Waals surface area contributed by atoms with Crippen molar-refractivity contribution in [1.29, 1.82) is 0 Å². The van der Waals surface area contributed by atoms with Crippen LogP contribution in [0, 0.1) is 13.8 Å². The molecule has 7 nitrogen and oxygen atoms in total. The van der Waals surface area contributed by atoms with Crippen molar-refractivity contribution < 1.29 is 4.79 Å². The Labute approximate surface area is 146 Å². The van der Waals surface area contributed by atoms with Gasteiger partial charge in [-0.2, -0.15) is 10.2 Å². The summed E-state index contributed by atoms with van der Waals surface area (Å²) in [6.07, 6.45) is 1.11. The van der Waals surface area contributed by atoms with Crippen LogP contribution in [0.2, 0.25) is 0 Å². The zero-order valence-electron chi connectivity index (χ0n) is 14.7. The van der Waals surface area contributed by atoms with Crippen LogP contribution in [0.25, 0.3) is 11.4 Å². The van der Waals surface area contributed by atoms with Gasteiger partial charge in [0.25, 0.3) is 0 Å². The first kappa shape index (κ1) is 16.9. The summed E-state index contributed by atoms with van der Waals surface area (Å²) in [5, 5.41) is 14.3. The number of nitrogens with one attached hydrogen (secondary N) is 2. The summed E-state index contributed by atoms with van der Waals surface area (Å²) in [5.41, 5.74) is 4.17. The van der Waals surface area contributed by atoms with Crippen molar-refractivity contribution in [3.05, 3.63) is 53.1 Å². The Morgan fingerprint density at radius 3 is 2.68 bits per heavy atom. The van der Waals surface area contributed by atoms with Gasteiger partial charge in [-0.3, -0.25) is 14.6 Å². The van der Waals surface area contributed by atoms with E-state index in [-0.39, 0.29) is 5.91 Å². The molecular weight excluding hydrogens is 316 g/mol. The number of hydrogen-bond acceptors (Lipinski definition) is 4. The van der Waals surface area contributed by atoms with E-state index in [4.69, 9.17) is 0 Å². The Kier molecular flexibility index (Phi) is 4.92. The number of H-pyrrole nitrogens is 1. The quantitative estimate of drug-likeness (QED) is 0.720. The first-order valence-corrected chi connectivity index (χ1v) is 8.27. The van der Waals surface area contributed by atoms with E-state index in [2.05, 4.69) is 25.6 Å². The Bertz CT molecular complexity index is 865. The van der Waals surface area contributed by atoms with Gasteiger partial charge in [-0.25, -0.2) is 4.98 Å². The van der Waals surface area contributed by atoms with Crippen molar-refractivity contribution in [3.63, 3.8) is 0 Å². The lowest BCUT2D eigenvalue weighted by atomic mass is 10.1. The largest absolute Gasteiger partial charge is 0.349 e. The average Bonchev–Trinajstić information content (AvgIpc) is 3.18. The molecule has 1 aromatic carbocycles. The minimum Gasteiger partial charge on any atom is -0.349 e. The number of nitrogens with zero attached hydrogens (tertiary/aromatic N) is 4. The van der Waals surface area contributed by atoms with Crippen LogP contribution in [-0.4, -0.2) is 30.9 Å². The fourth-order valence-electron chi connectivity index (χ4n) is 2.78. The smallest absolute Gasteiger partial charge is 0.220 e. The number of amides is 1. The van der Waals surface area contributed by atoms with Crippen LogP contribution in [0.4, 0.5) is 0 Å². The van der Waals surface area contributed by atoms with Gasteiger partial charge >= 0.3 is 0 Å². The maximum Gasteiger partial charge on any atom is 0.220 e. The summed E-state index contributed by atoms with van der Waals surface area (Å²) in [6, 6.07) is 9.72. The fraction of sp³-hybridized carbons (Fsp3) is 0.333. The Balaban J connectivity index is 1.52. The van der Waals surface area contributed by atoms with E-state index in [0.717, 1.165) is 22.5 Å². The van der Waals surface area contributed by atoms with Crippen LogP contribution in [0.1, 0.15) is 29.2 Å². The minimum absolute atomic E-state index is 0.0136. The lowest BCUT2D eigenvalue weighted by Crippen LogP contribution is -2.23. The van der Waals surface area contributed by atoms with Gasteiger partial charge in [0, 0.05) is 24.7 Å². The maximum absolute atomic E-state index is 12.1. The SMILES string of the molecule is Cc1nn(C)c(C)c1CCC(=O)NCc1nc(-c2ccccc2)n[nH]1. The van der Waals surface area contributed by atoms with Gasteiger partial charge in [0.15, 0.2) is 5.82 Å². The molecule has 0 spiro atoms. The summed E-state index contributed by atoms with van der Waals surface area (Å²) < 4.78 is 1.85. The summed E-state index contributed by atoms with van der Waals surface area (Å²) in [6.45, 7) is 4.33. The Morgan fingerprint density at radius 2 is 2.00 bits per heavy atom. The molecule has 2 N–H and O–H groups in total. The number of benzene rings is 1. The second-order valence-electron chi connectivity index (χ2n) is 6.02. The van der Waals surface area contributed by atoms with Crippen LogP contribution >= 0.6 is 0 Å². The summed E-state index contributed by atoms with van der Waals surface area (Å²) in [4.78, 5) is 16.5. The highest BCUT2D eigenvalue weighted by Crippen LogP contribution is 2.14. The molecule has 2 heterocycles. The van der Waals surface area contributed by atoms with E-state index in [1.165, 1.54) is 0 Å². The third-order valence-corrected chi connectivity index (χ3v) is 4.28. The number of aromatic amines is 1. The first-order chi connectivity index (χ1) is 12.0. The fourth-order valence-corrected chi connectivity index (χ4v) is 2.78. The second kappa shape index (κ2) is 7.29. The summed E-state index contributed by atoms with van der Waals surface area (Å²) in [5.74, 6) is 1.26. The molecule has 3 aromatic rings. The van der Waals surface area contributed by atoms with E-state index in [9.17, 15) is 4.79 Å². The van der Waals surface area contributed by atoms with Crippen LogP contribution in [0.5, 0.6) is 0 Å². The van der Waals surface area contributed by atoms with Crippen LogP contribution < -0.4 is 5.32 Å². The molecule has 0 aliphatic rings. The molecule has 0 bridgehead atoms. The van der Waals surface area contributed by atoms with Crippen molar-refractivity contribution >= 4 is 5.91 Å². The van der Waals surface area contributed by atoms with Crippen molar-refractivity contribution in [2.75, 3.05) is 0 Å². The van der Waals surface area contributed by atoms with Crippen molar-refractivity contribution in [1.82, 2.24) is 30.3 Å². The highest BCUT2D eigenvalue weighted by atomic mass is 16.1. The molecule has 130 valence electrons. The molecule has 25 heavy (non-hydrogen) atoms. The number of aromatic nitrogens is 5. The molecule has 1 amide bonds. The van der Waals surface area contributed by atoms with E-state index >= 15 is 0 Å². The predicted octanol–water partition coefficient (Wildman–Crippen LogP) is 2.07. The van der Waals surface area contributed by atoms with Gasteiger partial charge in [0.1, 0.15) is 5.82 Å². The third-order valence-electron chi connectivity index (χ3n) is 4.28. The number of hydrogen-bond donors (Lipinski definition) is 2. The number of rotatable bonds is 6. The third kappa shape index (κ3) is 3.93. The first-order valence-electron chi connectivity index (χ1n) is 8.27. The van der Waals surface area contributed by atoms with Crippen molar-refractivity contribution in [2.24, 2.45) is 7.05 Å². The molecule has 0 aliphatic heterocycles. The molecule has 0 atom stereocenters. The summed E-state index contributed by atoms with van der Waals surface area (Å²) >= 11 is 0. The normalized spacial score (nSPS) is 10.8. The molecule has 7 heteroatoms. The standard InChI is InChI=1S/C18H22N6O/c1-12-15(13(2)24(3)23-12)9-10-17(25)19-11-16-20-18(22-21-16)14-7-5-4-6-8-14/h4-8H,9-11H2,1-3H3,(H,19,25)(H,20,21,22). The maximum atomic E-state index is 12.1. The topological polar surface area (TPSA) is 88.5 Å². The molecular formula is C18H22N6O. The Hall–Kier alpha value is -2.96. The predicted molar refractivity (Wildman–Crippen MR) is 94.7 cm³/mol. The highest BCUT2D eigenvalue weighted by Gasteiger charge is 2.12. The van der Waals surface area contributed by atoms with Crippen LogP contribution in [0.3, 0.4) is 0 Å². The molecule has 0 saturated carbocycles. The molecule has 0 saturated heterocycles. The van der Waals surface area contributed by atoms with Gasteiger partial charge in [0.2, 0.25) is 5.91 Å². The molecule has 0 unspecified atom stereocenters. The monoisotopic (exact) mass is 338 g/mol. The van der Waals surface area contributed by atoms with Gasteiger partial charge in [0.05, 0.1) is 12.2 Å². The number of aryl methyl sites for hydroxylation is 2. The van der Waals surface area contributed by atoms with Crippen molar-refractivity contribution in [2.45, 2.75) is 33.2 Å². The van der Waals surface area contributed by atoms with Gasteiger partial charge in [-0.05, 0) is 25.8 Å². The zero-order chi connectivity index (χ0) is 17.8. The molecule has 0 aliphatic carbocycles. The number of carbonyl (C=O) groups excluding carboxylic acids is 1.